The minimum Gasteiger partial charge on any atom is -0.372 e. The molecule has 1 heterocycles. The summed E-state index contributed by atoms with van der Waals surface area (Å²) in [6.45, 7) is 9.29. The minimum absolute atomic E-state index is 0.426. The number of nitrogens with one attached hydrogen (secondary N) is 1. The van der Waals surface area contributed by atoms with E-state index in [1.54, 1.807) is 0 Å². The predicted octanol–water partition coefficient (Wildman–Crippen LogP) is 3.29. The SMILES string of the molecule is CCCNC1CCC(OCc2cc(CC)nn2CC)CC1. The summed E-state index contributed by atoms with van der Waals surface area (Å²) in [4.78, 5) is 0. The summed E-state index contributed by atoms with van der Waals surface area (Å²) in [6, 6.07) is 2.90. The van der Waals surface area contributed by atoms with Crippen LogP contribution in [0, 0.1) is 0 Å². The number of hydrogen-bond donors (Lipinski definition) is 1. The van der Waals surface area contributed by atoms with Crippen molar-refractivity contribution >= 4 is 0 Å². The smallest absolute Gasteiger partial charge is 0.0888 e. The molecule has 0 saturated heterocycles. The summed E-state index contributed by atoms with van der Waals surface area (Å²) in [5.74, 6) is 0. The summed E-state index contributed by atoms with van der Waals surface area (Å²) in [6.07, 6.45) is 7.50. The van der Waals surface area contributed by atoms with Gasteiger partial charge in [0, 0.05) is 12.6 Å². The lowest BCUT2D eigenvalue weighted by Crippen LogP contribution is -2.35. The van der Waals surface area contributed by atoms with Crippen molar-refractivity contribution in [2.45, 2.75) is 84.6 Å². The Labute approximate surface area is 129 Å². The van der Waals surface area contributed by atoms with Crippen LogP contribution in [0.5, 0.6) is 0 Å². The van der Waals surface area contributed by atoms with Gasteiger partial charge < -0.3 is 10.1 Å². The molecule has 0 radical (unpaired) electrons. The molecular weight excluding hydrogens is 262 g/mol. The maximum atomic E-state index is 6.13. The Morgan fingerprint density at radius 1 is 1.24 bits per heavy atom. The van der Waals surface area contributed by atoms with Gasteiger partial charge in [0.25, 0.3) is 0 Å². The minimum atomic E-state index is 0.426. The molecule has 1 aliphatic rings. The highest BCUT2D eigenvalue weighted by atomic mass is 16.5. The predicted molar refractivity (Wildman–Crippen MR) is 86.4 cm³/mol. The molecule has 1 aromatic heterocycles. The number of aryl methyl sites for hydroxylation is 2. The number of nitrogens with zero attached hydrogens (tertiary/aromatic N) is 2. The van der Waals surface area contributed by atoms with Crippen LogP contribution in [-0.4, -0.2) is 28.5 Å². The van der Waals surface area contributed by atoms with Crippen LogP contribution in [0.3, 0.4) is 0 Å². The van der Waals surface area contributed by atoms with Gasteiger partial charge in [-0.3, -0.25) is 4.68 Å². The molecule has 0 spiro atoms. The maximum absolute atomic E-state index is 6.13. The number of ether oxygens (including phenoxy) is 1. The zero-order chi connectivity index (χ0) is 15.1. The van der Waals surface area contributed by atoms with E-state index in [0.717, 1.165) is 19.5 Å². The van der Waals surface area contributed by atoms with E-state index in [1.807, 2.05) is 0 Å². The molecule has 0 amide bonds. The molecule has 4 heteroatoms. The first-order chi connectivity index (χ1) is 10.3. The van der Waals surface area contributed by atoms with Crippen molar-refractivity contribution in [2.75, 3.05) is 6.54 Å². The lowest BCUT2D eigenvalue weighted by atomic mass is 9.93. The fourth-order valence-corrected chi connectivity index (χ4v) is 3.06. The standard InChI is InChI=1S/C17H31N3O/c1-4-11-18-15-7-9-17(10-8-15)21-13-16-12-14(5-2)19-20(16)6-3/h12,15,17-18H,4-11,13H2,1-3H3. The molecule has 2 rings (SSSR count). The van der Waals surface area contributed by atoms with Crippen LogP contribution >= 0.6 is 0 Å². The van der Waals surface area contributed by atoms with Crippen LogP contribution < -0.4 is 5.32 Å². The molecule has 0 aromatic carbocycles. The van der Waals surface area contributed by atoms with Crippen molar-refractivity contribution in [3.05, 3.63) is 17.5 Å². The maximum Gasteiger partial charge on any atom is 0.0888 e. The molecule has 21 heavy (non-hydrogen) atoms. The van der Waals surface area contributed by atoms with Gasteiger partial charge in [-0.15, -0.1) is 0 Å². The molecule has 0 bridgehead atoms. The van der Waals surface area contributed by atoms with E-state index in [1.165, 1.54) is 43.5 Å². The first kappa shape index (κ1) is 16.5. The molecule has 1 aromatic rings. The third kappa shape index (κ3) is 4.82. The van der Waals surface area contributed by atoms with Crippen molar-refractivity contribution in [2.24, 2.45) is 0 Å². The van der Waals surface area contributed by atoms with Gasteiger partial charge in [0.15, 0.2) is 0 Å². The molecular formula is C17H31N3O. The summed E-state index contributed by atoms with van der Waals surface area (Å²) in [7, 11) is 0. The van der Waals surface area contributed by atoms with Crippen molar-refractivity contribution in [1.82, 2.24) is 15.1 Å². The Bertz CT molecular complexity index is 408. The van der Waals surface area contributed by atoms with Crippen molar-refractivity contribution in [3.63, 3.8) is 0 Å². The Morgan fingerprint density at radius 3 is 2.62 bits per heavy atom. The van der Waals surface area contributed by atoms with E-state index >= 15 is 0 Å². The van der Waals surface area contributed by atoms with E-state index in [0.29, 0.717) is 18.8 Å². The van der Waals surface area contributed by atoms with Crippen molar-refractivity contribution in [3.8, 4) is 0 Å². The molecule has 120 valence electrons. The lowest BCUT2D eigenvalue weighted by Gasteiger charge is -2.29. The topological polar surface area (TPSA) is 39.1 Å². The summed E-state index contributed by atoms with van der Waals surface area (Å²) >= 11 is 0. The Balaban J connectivity index is 1.75. The van der Waals surface area contributed by atoms with E-state index in [4.69, 9.17) is 4.74 Å². The third-order valence-electron chi connectivity index (χ3n) is 4.40. The van der Waals surface area contributed by atoms with E-state index in [2.05, 4.69) is 41.9 Å². The van der Waals surface area contributed by atoms with Crippen molar-refractivity contribution in [1.29, 1.82) is 0 Å². The monoisotopic (exact) mass is 293 g/mol. The lowest BCUT2D eigenvalue weighted by molar-refractivity contribution is 0.00825. The first-order valence-corrected chi connectivity index (χ1v) is 8.67. The van der Waals surface area contributed by atoms with Crippen LogP contribution in [0.25, 0.3) is 0 Å². The van der Waals surface area contributed by atoms with Gasteiger partial charge in [-0.25, -0.2) is 0 Å². The van der Waals surface area contributed by atoms with E-state index < -0.39 is 0 Å². The van der Waals surface area contributed by atoms with Gasteiger partial charge in [0.05, 0.1) is 24.1 Å². The number of rotatable bonds is 8. The van der Waals surface area contributed by atoms with Crippen LogP contribution in [0.15, 0.2) is 6.07 Å². The van der Waals surface area contributed by atoms with Gasteiger partial charge in [-0.1, -0.05) is 13.8 Å². The first-order valence-electron chi connectivity index (χ1n) is 8.67. The fraction of sp³-hybridized carbons (Fsp3) is 0.824. The Hall–Kier alpha value is -0.870. The Morgan fingerprint density at radius 2 is 2.00 bits per heavy atom. The van der Waals surface area contributed by atoms with Crippen LogP contribution in [-0.2, 0) is 24.3 Å². The summed E-state index contributed by atoms with van der Waals surface area (Å²) < 4.78 is 8.21. The molecule has 0 unspecified atom stereocenters. The molecule has 1 saturated carbocycles. The van der Waals surface area contributed by atoms with Crippen LogP contribution in [0.4, 0.5) is 0 Å². The van der Waals surface area contributed by atoms with Gasteiger partial charge in [0.1, 0.15) is 0 Å². The second kappa shape index (κ2) is 8.54. The van der Waals surface area contributed by atoms with Crippen LogP contribution in [0.1, 0.15) is 64.3 Å². The van der Waals surface area contributed by atoms with Crippen molar-refractivity contribution < 1.29 is 4.74 Å². The van der Waals surface area contributed by atoms with Gasteiger partial charge in [-0.05, 0) is 58.1 Å². The van der Waals surface area contributed by atoms with E-state index in [9.17, 15) is 0 Å². The second-order valence-electron chi connectivity index (χ2n) is 6.04. The average Bonchev–Trinajstić information content (AvgIpc) is 2.94. The highest BCUT2D eigenvalue weighted by Crippen LogP contribution is 2.22. The average molecular weight is 293 g/mol. The molecule has 0 aliphatic heterocycles. The van der Waals surface area contributed by atoms with Gasteiger partial charge in [-0.2, -0.15) is 5.10 Å². The highest BCUT2D eigenvalue weighted by molar-refractivity contribution is 5.09. The fourth-order valence-electron chi connectivity index (χ4n) is 3.06. The van der Waals surface area contributed by atoms with Gasteiger partial charge in [0.2, 0.25) is 0 Å². The molecule has 1 N–H and O–H groups in total. The second-order valence-corrected chi connectivity index (χ2v) is 6.04. The van der Waals surface area contributed by atoms with Crippen LogP contribution in [0.2, 0.25) is 0 Å². The molecule has 4 nitrogen and oxygen atoms in total. The molecule has 1 aliphatic carbocycles. The zero-order valence-electron chi connectivity index (χ0n) is 13.9. The van der Waals surface area contributed by atoms with Gasteiger partial charge >= 0.3 is 0 Å². The highest BCUT2D eigenvalue weighted by Gasteiger charge is 2.21. The Kier molecular flexibility index (Phi) is 6.71. The van der Waals surface area contributed by atoms with E-state index in [-0.39, 0.29) is 0 Å². The molecule has 0 atom stereocenters. The third-order valence-corrected chi connectivity index (χ3v) is 4.40. The normalized spacial score (nSPS) is 22.6. The zero-order valence-corrected chi connectivity index (χ0v) is 13.9. The number of aromatic nitrogens is 2. The summed E-state index contributed by atoms with van der Waals surface area (Å²) in [5.41, 5.74) is 2.39. The molecule has 1 fully saturated rings. The quantitative estimate of drug-likeness (QED) is 0.799. The largest absolute Gasteiger partial charge is 0.372 e. The number of hydrogen-bond acceptors (Lipinski definition) is 3. The summed E-state index contributed by atoms with van der Waals surface area (Å²) in [5, 5.41) is 8.21.